The van der Waals surface area contributed by atoms with E-state index < -0.39 is 0 Å². The van der Waals surface area contributed by atoms with E-state index in [0.717, 1.165) is 25.0 Å². The number of nitrogens with zero attached hydrogens (tertiary/aromatic N) is 3. The lowest BCUT2D eigenvalue weighted by molar-refractivity contribution is 0.755. The number of unbranched alkanes of at least 4 members (excludes halogenated alkanes) is 1. The van der Waals surface area contributed by atoms with Gasteiger partial charge in [0, 0.05) is 0 Å². The second-order valence-electron chi connectivity index (χ2n) is 3.13. The molecule has 0 aromatic carbocycles. The number of aryl methyl sites for hydroxylation is 1. The van der Waals surface area contributed by atoms with Crippen LogP contribution in [0.1, 0.15) is 31.0 Å². The predicted octanol–water partition coefficient (Wildman–Crippen LogP) is 1.99. The van der Waals surface area contributed by atoms with Crippen LogP contribution in [0, 0.1) is 11.3 Å². The van der Waals surface area contributed by atoms with E-state index in [9.17, 15) is 0 Å². The lowest BCUT2D eigenvalue weighted by atomic mass is 10.1. The Morgan fingerprint density at radius 2 is 2.20 bits per heavy atom. The minimum Gasteiger partial charge on any atom is -0.382 e. The molecule has 1 heterocycles. The Morgan fingerprint density at radius 1 is 1.47 bits per heavy atom. The van der Waals surface area contributed by atoms with E-state index in [1.807, 2.05) is 6.26 Å². The molecule has 0 bridgehead atoms. The number of rotatable bonds is 4. The number of aromatic nitrogens is 2. The molecule has 0 radical (unpaired) electrons. The summed E-state index contributed by atoms with van der Waals surface area (Å²) in [6.07, 6.45) is 4.77. The van der Waals surface area contributed by atoms with Crippen LogP contribution in [-0.2, 0) is 6.42 Å². The largest absolute Gasteiger partial charge is 0.382 e. The number of hydrogen-bond donors (Lipinski definition) is 1. The third-order valence-electron chi connectivity index (χ3n) is 2.05. The van der Waals surface area contributed by atoms with Gasteiger partial charge in [0.1, 0.15) is 17.5 Å². The zero-order valence-electron chi connectivity index (χ0n) is 8.95. The highest BCUT2D eigenvalue weighted by atomic mass is 32.2. The van der Waals surface area contributed by atoms with Gasteiger partial charge in [-0.2, -0.15) is 5.26 Å². The molecule has 1 aromatic heterocycles. The standard InChI is InChI=1S/C10H14N4S/c1-3-4-5-8-7(6-11)9(12)14-10(13-8)15-2/h3-5H2,1-2H3,(H2,12,13,14). The smallest absolute Gasteiger partial charge is 0.189 e. The average molecular weight is 222 g/mol. The zero-order chi connectivity index (χ0) is 11.3. The number of nitrogens with two attached hydrogens (primary N) is 1. The third kappa shape index (κ3) is 2.83. The summed E-state index contributed by atoms with van der Waals surface area (Å²) in [6.45, 7) is 2.10. The minimum absolute atomic E-state index is 0.294. The van der Waals surface area contributed by atoms with Crippen molar-refractivity contribution >= 4 is 17.6 Å². The topological polar surface area (TPSA) is 75.6 Å². The van der Waals surface area contributed by atoms with E-state index in [-0.39, 0.29) is 0 Å². The lowest BCUT2D eigenvalue weighted by Crippen LogP contribution is -2.05. The molecule has 0 aliphatic carbocycles. The summed E-state index contributed by atoms with van der Waals surface area (Å²) in [5.41, 5.74) is 6.90. The van der Waals surface area contributed by atoms with Crippen LogP contribution in [0.4, 0.5) is 5.82 Å². The fourth-order valence-corrected chi connectivity index (χ4v) is 1.63. The molecule has 2 N–H and O–H groups in total. The fraction of sp³-hybridized carbons (Fsp3) is 0.500. The van der Waals surface area contributed by atoms with Gasteiger partial charge < -0.3 is 5.73 Å². The van der Waals surface area contributed by atoms with Crippen molar-refractivity contribution in [3.05, 3.63) is 11.3 Å². The number of hydrogen-bond acceptors (Lipinski definition) is 5. The van der Waals surface area contributed by atoms with E-state index in [0.29, 0.717) is 16.5 Å². The number of nitrogen functional groups attached to an aromatic ring is 1. The molecule has 0 aliphatic heterocycles. The summed E-state index contributed by atoms with van der Waals surface area (Å²) in [6, 6.07) is 2.06. The van der Waals surface area contributed by atoms with Crippen molar-refractivity contribution in [3.8, 4) is 6.07 Å². The van der Waals surface area contributed by atoms with Gasteiger partial charge in [0.05, 0.1) is 5.69 Å². The highest BCUT2D eigenvalue weighted by molar-refractivity contribution is 7.98. The van der Waals surface area contributed by atoms with Crippen molar-refractivity contribution in [2.24, 2.45) is 0 Å². The van der Waals surface area contributed by atoms with E-state index >= 15 is 0 Å². The Hall–Kier alpha value is -1.28. The first kappa shape index (κ1) is 11.8. The van der Waals surface area contributed by atoms with Crippen LogP contribution in [0.25, 0.3) is 0 Å². The summed E-state index contributed by atoms with van der Waals surface area (Å²) >= 11 is 1.44. The molecule has 0 atom stereocenters. The molecule has 15 heavy (non-hydrogen) atoms. The maximum absolute atomic E-state index is 8.95. The first-order chi connectivity index (χ1) is 7.22. The van der Waals surface area contributed by atoms with Gasteiger partial charge >= 0.3 is 0 Å². The quantitative estimate of drug-likeness (QED) is 0.623. The molecule has 0 unspecified atom stereocenters. The van der Waals surface area contributed by atoms with Gasteiger partial charge in [-0.15, -0.1) is 0 Å². The first-order valence-electron chi connectivity index (χ1n) is 4.83. The SMILES string of the molecule is CCCCc1nc(SC)nc(N)c1C#N. The van der Waals surface area contributed by atoms with Gasteiger partial charge in [-0.1, -0.05) is 25.1 Å². The van der Waals surface area contributed by atoms with Crippen LogP contribution in [0.5, 0.6) is 0 Å². The Bertz CT molecular complexity index is 384. The molecule has 5 heteroatoms. The Balaban J connectivity index is 3.09. The van der Waals surface area contributed by atoms with Crippen molar-refractivity contribution in [2.75, 3.05) is 12.0 Å². The lowest BCUT2D eigenvalue weighted by Gasteiger charge is -2.06. The number of anilines is 1. The third-order valence-corrected chi connectivity index (χ3v) is 2.60. The van der Waals surface area contributed by atoms with E-state index in [1.54, 1.807) is 0 Å². The summed E-state index contributed by atoms with van der Waals surface area (Å²) < 4.78 is 0. The fourth-order valence-electron chi connectivity index (χ4n) is 1.24. The molecular formula is C10H14N4S. The van der Waals surface area contributed by atoms with Crippen molar-refractivity contribution in [2.45, 2.75) is 31.3 Å². The Kier molecular flexibility index (Phi) is 4.37. The van der Waals surface area contributed by atoms with Crippen LogP contribution in [0.15, 0.2) is 5.16 Å². The molecule has 0 amide bonds. The molecule has 0 fully saturated rings. The number of thioether (sulfide) groups is 1. The van der Waals surface area contributed by atoms with E-state index in [1.165, 1.54) is 11.8 Å². The van der Waals surface area contributed by atoms with Gasteiger partial charge in [-0.25, -0.2) is 9.97 Å². The predicted molar refractivity (Wildman–Crippen MR) is 61.6 cm³/mol. The van der Waals surface area contributed by atoms with Gasteiger partial charge in [0.15, 0.2) is 5.16 Å². The van der Waals surface area contributed by atoms with Crippen LogP contribution < -0.4 is 5.73 Å². The van der Waals surface area contributed by atoms with Crippen molar-refractivity contribution in [1.29, 1.82) is 5.26 Å². The average Bonchev–Trinajstić information content (AvgIpc) is 2.25. The second kappa shape index (κ2) is 5.56. The Labute approximate surface area is 93.9 Å². The van der Waals surface area contributed by atoms with Gasteiger partial charge in [-0.3, -0.25) is 0 Å². The summed E-state index contributed by atoms with van der Waals surface area (Å²) in [4.78, 5) is 8.35. The van der Waals surface area contributed by atoms with Crippen molar-refractivity contribution in [3.63, 3.8) is 0 Å². The summed E-state index contributed by atoms with van der Waals surface area (Å²) in [5, 5.41) is 9.58. The normalized spacial score (nSPS) is 9.93. The second-order valence-corrected chi connectivity index (χ2v) is 3.91. The highest BCUT2D eigenvalue weighted by Crippen LogP contribution is 2.18. The number of nitriles is 1. The molecule has 0 saturated carbocycles. The van der Waals surface area contributed by atoms with Crippen molar-refractivity contribution in [1.82, 2.24) is 9.97 Å². The van der Waals surface area contributed by atoms with Crippen LogP contribution in [0.3, 0.4) is 0 Å². The molecule has 1 rings (SSSR count). The van der Waals surface area contributed by atoms with E-state index in [2.05, 4.69) is 23.0 Å². The molecule has 0 saturated heterocycles. The van der Waals surface area contributed by atoms with Gasteiger partial charge in [-0.05, 0) is 19.1 Å². The molecule has 80 valence electrons. The maximum Gasteiger partial charge on any atom is 0.189 e. The molecule has 0 aliphatic rings. The summed E-state index contributed by atoms with van der Waals surface area (Å²) in [5.74, 6) is 0.294. The minimum atomic E-state index is 0.294. The Morgan fingerprint density at radius 3 is 2.73 bits per heavy atom. The first-order valence-corrected chi connectivity index (χ1v) is 6.05. The summed E-state index contributed by atoms with van der Waals surface area (Å²) in [7, 11) is 0. The monoisotopic (exact) mass is 222 g/mol. The molecule has 1 aromatic rings. The molecular weight excluding hydrogens is 208 g/mol. The molecule has 4 nitrogen and oxygen atoms in total. The van der Waals surface area contributed by atoms with Crippen LogP contribution >= 0.6 is 11.8 Å². The zero-order valence-corrected chi connectivity index (χ0v) is 9.77. The molecule has 0 spiro atoms. The van der Waals surface area contributed by atoms with Crippen LogP contribution in [-0.4, -0.2) is 16.2 Å². The van der Waals surface area contributed by atoms with E-state index in [4.69, 9.17) is 11.0 Å². The van der Waals surface area contributed by atoms with Gasteiger partial charge in [0.2, 0.25) is 0 Å². The van der Waals surface area contributed by atoms with Crippen molar-refractivity contribution < 1.29 is 0 Å². The van der Waals surface area contributed by atoms with Crippen LogP contribution in [0.2, 0.25) is 0 Å². The maximum atomic E-state index is 8.95. The highest BCUT2D eigenvalue weighted by Gasteiger charge is 2.10. The van der Waals surface area contributed by atoms with Gasteiger partial charge in [0.25, 0.3) is 0 Å².